The predicted octanol–water partition coefficient (Wildman–Crippen LogP) is 3.46. The van der Waals surface area contributed by atoms with Gasteiger partial charge in [-0.1, -0.05) is 54.7 Å². The van der Waals surface area contributed by atoms with E-state index in [1.54, 1.807) is 0 Å². The molecule has 0 aromatic heterocycles. The second-order valence-corrected chi connectivity index (χ2v) is 4.96. The molecule has 1 atom stereocenters. The maximum absolute atomic E-state index is 5.76. The second-order valence-electron chi connectivity index (χ2n) is 4.52. The molecule has 0 amide bonds. The third-order valence-corrected chi connectivity index (χ3v) is 3.79. The van der Waals surface area contributed by atoms with E-state index < -0.39 is 0 Å². The lowest BCUT2D eigenvalue weighted by Gasteiger charge is -2.20. The molecule has 3 nitrogen and oxygen atoms in total. The molecule has 0 bridgehead atoms. The van der Waals surface area contributed by atoms with Gasteiger partial charge in [0, 0.05) is 0 Å². The summed E-state index contributed by atoms with van der Waals surface area (Å²) in [6.45, 7) is 1.88. The quantitative estimate of drug-likeness (QED) is 0.820. The van der Waals surface area contributed by atoms with Gasteiger partial charge in [0.2, 0.25) is 5.96 Å². The van der Waals surface area contributed by atoms with E-state index in [1.807, 2.05) is 25.1 Å². The Balaban J connectivity index is 0.00000147. The summed E-state index contributed by atoms with van der Waals surface area (Å²) < 4.78 is 0. The Hall–Kier alpha value is -1.78. The maximum atomic E-state index is 5.76. The number of hydrogen-bond donors (Lipinski definition) is 1. The molecule has 1 aliphatic rings. The topological polar surface area (TPSA) is 50.7 Å². The van der Waals surface area contributed by atoms with Gasteiger partial charge < -0.3 is 5.73 Å². The van der Waals surface area contributed by atoms with E-state index in [-0.39, 0.29) is 18.4 Å². The average Bonchev–Trinajstić information content (AvgIpc) is 2.42. The van der Waals surface area contributed by atoms with Crippen molar-refractivity contribution in [2.24, 2.45) is 15.7 Å². The zero-order valence-corrected chi connectivity index (χ0v) is 12.5. The molecule has 20 heavy (non-hydrogen) atoms. The maximum Gasteiger partial charge on any atom is 0.216 e. The largest absolute Gasteiger partial charge is 0.368 e. The van der Waals surface area contributed by atoms with Crippen LogP contribution >= 0.6 is 24.6 Å². The average molecular weight is 304 g/mol. The van der Waals surface area contributed by atoms with Gasteiger partial charge in [-0.2, -0.15) is 0 Å². The highest BCUT2D eigenvalue weighted by atomic mass is 35.5. The summed E-state index contributed by atoms with van der Waals surface area (Å²) in [6.07, 6.45) is 0. The first-order valence-corrected chi connectivity index (χ1v) is 6.48. The first-order valence-electron chi connectivity index (χ1n) is 6.07. The molecule has 2 N–H and O–H groups in total. The van der Waals surface area contributed by atoms with Gasteiger partial charge in [0.05, 0.1) is 10.6 Å². The van der Waals surface area contributed by atoms with Crippen molar-refractivity contribution in [2.45, 2.75) is 13.0 Å². The standard InChI is InChI=1S/C15H13N3S.ClH/c1-9-14(19)13(18-15(16)17-9)12-8-4-6-10-5-2-3-7-11(10)12;/h2-8,13H,1H3,(H2,16,18);1H. The molecule has 1 unspecified atom stereocenters. The van der Waals surface area contributed by atoms with Crippen molar-refractivity contribution < 1.29 is 0 Å². The Bertz CT molecular complexity index is 731. The van der Waals surface area contributed by atoms with Gasteiger partial charge in [-0.25, -0.2) is 9.98 Å². The fourth-order valence-corrected chi connectivity index (χ4v) is 2.57. The molecule has 0 saturated heterocycles. The van der Waals surface area contributed by atoms with Gasteiger partial charge in [0.1, 0.15) is 6.04 Å². The molecular weight excluding hydrogens is 290 g/mol. The van der Waals surface area contributed by atoms with E-state index in [4.69, 9.17) is 18.0 Å². The Morgan fingerprint density at radius 1 is 1.10 bits per heavy atom. The summed E-state index contributed by atoms with van der Waals surface area (Å²) >= 11 is 5.45. The van der Waals surface area contributed by atoms with Gasteiger partial charge in [0.25, 0.3) is 0 Å². The van der Waals surface area contributed by atoms with Crippen LogP contribution in [0.25, 0.3) is 10.8 Å². The van der Waals surface area contributed by atoms with Crippen molar-refractivity contribution in [3.8, 4) is 0 Å². The Kier molecular flexibility index (Phi) is 4.16. The van der Waals surface area contributed by atoms with Gasteiger partial charge in [0.15, 0.2) is 0 Å². The first-order chi connectivity index (χ1) is 9.16. The number of aliphatic imine (C=N–C) groups is 2. The minimum Gasteiger partial charge on any atom is -0.368 e. The van der Waals surface area contributed by atoms with E-state index in [0.29, 0.717) is 5.96 Å². The lowest BCUT2D eigenvalue weighted by molar-refractivity contribution is 0.977. The van der Waals surface area contributed by atoms with E-state index in [9.17, 15) is 0 Å². The van der Waals surface area contributed by atoms with Crippen LogP contribution in [0.5, 0.6) is 0 Å². The van der Waals surface area contributed by atoms with Gasteiger partial charge in [-0.05, 0) is 23.3 Å². The number of hydrogen-bond acceptors (Lipinski definition) is 4. The summed E-state index contributed by atoms with van der Waals surface area (Å²) in [5.74, 6) is 0.295. The highest BCUT2D eigenvalue weighted by molar-refractivity contribution is 7.82. The van der Waals surface area contributed by atoms with Crippen LogP contribution in [-0.4, -0.2) is 16.5 Å². The zero-order chi connectivity index (χ0) is 13.4. The lowest BCUT2D eigenvalue weighted by atomic mass is 9.95. The minimum atomic E-state index is -0.210. The van der Waals surface area contributed by atoms with E-state index in [1.165, 1.54) is 5.39 Å². The van der Waals surface area contributed by atoms with Crippen LogP contribution in [-0.2, 0) is 0 Å². The molecule has 0 aliphatic carbocycles. The van der Waals surface area contributed by atoms with Crippen molar-refractivity contribution in [3.05, 3.63) is 48.0 Å². The normalized spacial score (nSPS) is 18.2. The van der Waals surface area contributed by atoms with Crippen LogP contribution in [0.3, 0.4) is 0 Å². The van der Waals surface area contributed by atoms with Crippen LogP contribution < -0.4 is 5.73 Å². The Morgan fingerprint density at radius 3 is 2.60 bits per heavy atom. The fourth-order valence-electron chi connectivity index (χ4n) is 2.34. The number of halogens is 1. The van der Waals surface area contributed by atoms with Crippen LogP contribution in [0.1, 0.15) is 18.5 Å². The summed E-state index contributed by atoms with van der Waals surface area (Å²) in [5.41, 5.74) is 7.62. The molecule has 5 heteroatoms. The van der Waals surface area contributed by atoms with Crippen LogP contribution in [0.4, 0.5) is 0 Å². The van der Waals surface area contributed by atoms with Crippen molar-refractivity contribution in [1.82, 2.24) is 0 Å². The smallest absolute Gasteiger partial charge is 0.216 e. The summed E-state index contributed by atoms with van der Waals surface area (Å²) in [4.78, 5) is 9.26. The second kappa shape index (κ2) is 5.69. The molecule has 1 heterocycles. The summed E-state index contributed by atoms with van der Waals surface area (Å²) in [5, 5.41) is 2.33. The molecule has 0 spiro atoms. The van der Waals surface area contributed by atoms with E-state index in [2.05, 4.69) is 34.3 Å². The molecule has 0 fully saturated rings. The van der Waals surface area contributed by atoms with Crippen LogP contribution in [0.15, 0.2) is 52.4 Å². The molecule has 102 valence electrons. The van der Waals surface area contributed by atoms with Crippen molar-refractivity contribution in [3.63, 3.8) is 0 Å². The Morgan fingerprint density at radius 2 is 1.80 bits per heavy atom. The third kappa shape index (κ3) is 2.44. The highest BCUT2D eigenvalue weighted by Crippen LogP contribution is 2.29. The summed E-state index contributed by atoms with van der Waals surface area (Å²) in [7, 11) is 0. The number of fused-ring (bicyclic) bond motifs is 1. The SMILES string of the molecule is CC1=NC(N)=NC(c2cccc3ccccc23)C1=S.Cl. The van der Waals surface area contributed by atoms with Gasteiger partial charge in [-0.3, -0.25) is 0 Å². The van der Waals surface area contributed by atoms with Crippen LogP contribution in [0, 0.1) is 0 Å². The van der Waals surface area contributed by atoms with Crippen LogP contribution in [0.2, 0.25) is 0 Å². The molecule has 3 rings (SSSR count). The molecule has 2 aromatic carbocycles. The zero-order valence-electron chi connectivity index (χ0n) is 10.9. The van der Waals surface area contributed by atoms with Gasteiger partial charge >= 0.3 is 0 Å². The number of benzene rings is 2. The number of nitrogens with zero attached hydrogens (tertiary/aromatic N) is 2. The number of guanidine groups is 1. The number of thiocarbonyl (C=S) groups is 1. The highest BCUT2D eigenvalue weighted by Gasteiger charge is 2.23. The molecule has 0 saturated carbocycles. The van der Waals surface area contributed by atoms with Crippen molar-refractivity contribution in [1.29, 1.82) is 0 Å². The summed E-state index contributed by atoms with van der Waals surface area (Å²) in [6, 6.07) is 14.2. The fraction of sp³-hybridized carbons (Fsp3) is 0.133. The number of rotatable bonds is 1. The van der Waals surface area contributed by atoms with Gasteiger partial charge in [-0.15, -0.1) is 12.4 Å². The minimum absolute atomic E-state index is 0. The molecule has 2 aromatic rings. The third-order valence-electron chi connectivity index (χ3n) is 3.27. The van der Waals surface area contributed by atoms with Crippen molar-refractivity contribution >= 4 is 51.9 Å². The predicted molar refractivity (Wildman–Crippen MR) is 91.3 cm³/mol. The lowest BCUT2D eigenvalue weighted by Crippen LogP contribution is -2.27. The first kappa shape index (κ1) is 14.6. The Labute approximate surface area is 129 Å². The van der Waals surface area contributed by atoms with Crippen molar-refractivity contribution in [2.75, 3.05) is 0 Å². The molecular formula is C15H14ClN3S. The number of nitrogens with two attached hydrogens (primary N) is 1. The molecule has 1 aliphatic heterocycles. The monoisotopic (exact) mass is 303 g/mol. The molecule has 0 radical (unpaired) electrons. The van der Waals surface area contributed by atoms with E-state index >= 15 is 0 Å². The van der Waals surface area contributed by atoms with E-state index in [0.717, 1.165) is 21.5 Å².